The molecule has 4 heteroatoms. The van der Waals surface area contributed by atoms with Crippen molar-refractivity contribution in [3.63, 3.8) is 0 Å². The Labute approximate surface area is 87.1 Å². The second-order valence-corrected chi connectivity index (χ2v) is 3.38. The van der Waals surface area contributed by atoms with Crippen LogP contribution < -0.4 is 4.90 Å². The molecule has 0 saturated carbocycles. The van der Waals surface area contributed by atoms with Gasteiger partial charge in [-0.15, -0.1) is 0 Å². The average molecular weight is 205 g/mol. The molecular formula is C11H11NO3. The highest BCUT2D eigenvalue weighted by atomic mass is 16.3. The first-order valence-electron chi connectivity index (χ1n) is 4.82. The van der Waals surface area contributed by atoms with E-state index in [9.17, 15) is 9.59 Å². The maximum Gasteiger partial charge on any atom is 0.299 e. The zero-order valence-corrected chi connectivity index (χ0v) is 8.14. The maximum absolute atomic E-state index is 11.6. The van der Waals surface area contributed by atoms with Crippen LogP contribution in [0.2, 0.25) is 0 Å². The summed E-state index contributed by atoms with van der Waals surface area (Å²) in [6.07, 6.45) is 0.480. The number of carbonyl (C=O) groups is 2. The average Bonchev–Trinajstić information content (AvgIpc) is 2.51. The lowest BCUT2D eigenvalue weighted by molar-refractivity contribution is -0.114. The van der Waals surface area contributed by atoms with E-state index in [-0.39, 0.29) is 6.61 Å². The summed E-state index contributed by atoms with van der Waals surface area (Å²) in [5.41, 5.74) is 1.11. The summed E-state index contributed by atoms with van der Waals surface area (Å²) < 4.78 is 0. The van der Waals surface area contributed by atoms with E-state index < -0.39 is 11.7 Å². The second kappa shape index (κ2) is 3.82. The van der Waals surface area contributed by atoms with Crippen LogP contribution in [0.5, 0.6) is 0 Å². The summed E-state index contributed by atoms with van der Waals surface area (Å²) in [6, 6.07) is 6.92. The van der Waals surface area contributed by atoms with Crippen molar-refractivity contribution in [1.29, 1.82) is 0 Å². The van der Waals surface area contributed by atoms with Gasteiger partial charge in [0.05, 0.1) is 11.3 Å². The molecule has 15 heavy (non-hydrogen) atoms. The summed E-state index contributed by atoms with van der Waals surface area (Å²) in [5, 5.41) is 8.70. The fourth-order valence-electron chi connectivity index (χ4n) is 1.70. The van der Waals surface area contributed by atoms with Gasteiger partial charge in [0.1, 0.15) is 0 Å². The predicted molar refractivity (Wildman–Crippen MR) is 54.8 cm³/mol. The van der Waals surface area contributed by atoms with E-state index >= 15 is 0 Å². The Kier molecular flexibility index (Phi) is 2.51. The molecule has 0 spiro atoms. The molecule has 0 atom stereocenters. The quantitative estimate of drug-likeness (QED) is 0.735. The van der Waals surface area contributed by atoms with Gasteiger partial charge in [-0.25, -0.2) is 0 Å². The Morgan fingerprint density at radius 3 is 2.67 bits per heavy atom. The Morgan fingerprint density at radius 1 is 1.20 bits per heavy atom. The van der Waals surface area contributed by atoms with Crippen LogP contribution in [0.25, 0.3) is 0 Å². The summed E-state index contributed by atoms with van der Waals surface area (Å²) in [6.45, 7) is 0.401. The Morgan fingerprint density at radius 2 is 1.93 bits per heavy atom. The molecular weight excluding hydrogens is 194 g/mol. The van der Waals surface area contributed by atoms with Gasteiger partial charge in [-0.2, -0.15) is 0 Å². The van der Waals surface area contributed by atoms with Gasteiger partial charge in [0, 0.05) is 13.2 Å². The van der Waals surface area contributed by atoms with E-state index in [0.717, 1.165) is 0 Å². The number of hydrogen-bond acceptors (Lipinski definition) is 3. The van der Waals surface area contributed by atoms with E-state index in [4.69, 9.17) is 5.11 Å². The van der Waals surface area contributed by atoms with E-state index in [1.807, 2.05) is 0 Å². The van der Waals surface area contributed by atoms with Gasteiger partial charge in [-0.3, -0.25) is 9.59 Å². The largest absolute Gasteiger partial charge is 0.396 e. The fraction of sp³-hybridized carbons (Fsp3) is 0.273. The number of ketones is 1. The summed E-state index contributed by atoms with van der Waals surface area (Å²) in [7, 11) is 0. The molecule has 1 amide bonds. The zero-order valence-electron chi connectivity index (χ0n) is 8.14. The van der Waals surface area contributed by atoms with E-state index in [2.05, 4.69) is 0 Å². The van der Waals surface area contributed by atoms with Crippen molar-refractivity contribution in [2.45, 2.75) is 6.42 Å². The number of para-hydroxylation sites is 1. The molecule has 1 N–H and O–H groups in total. The second-order valence-electron chi connectivity index (χ2n) is 3.38. The van der Waals surface area contributed by atoms with Crippen LogP contribution in [0.3, 0.4) is 0 Å². The van der Waals surface area contributed by atoms with Gasteiger partial charge in [0.15, 0.2) is 0 Å². The molecule has 0 saturated heterocycles. The minimum absolute atomic E-state index is 0.0140. The highest BCUT2D eigenvalue weighted by Crippen LogP contribution is 2.28. The Bertz CT molecular complexity index is 414. The molecule has 4 nitrogen and oxygen atoms in total. The van der Waals surface area contributed by atoms with E-state index in [1.165, 1.54) is 4.90 Å². The zero-order chi connectivity index (χ0) is 10.8. The molecule has 2 rings (SSSR count). The SMILES string of the molecule is O=C1C(=O)N(CCCO)c2ccccc21. The van der Waals surface area contributed by atoms with Crippen LogP contribution in [0, 0.1) is 0 Å². The summed E-state index contributed by atoms with van der Waals surface area (Å²) in [5.74, 6) is -0.951. The van der Waals surface area contributed by atoms with E-state index in [1.54, 1.807) is 24.3 Å². The van der Waals surface area contributed by atoms with Crippen LogP contribution in [-0.2, 0) is 4.79 Å². The summed E-state index contributed by atoms with van der Waals surface area (Å²) >= 11 is 0. The minimum atomic E-state index is -0.496. The molecule has 0 unspecified atom stereocenters. The molecule has 0 fully saturated rings. The standard InChI is InChI=1S/C11H11NO3/c13-7-3-6-12-9-5-2-1-4-8(9)10(14)11(12)15/h1-2,4-5,13H,3,6-7H2. The van der Waals surface area contributed by atoms with Crippen molar-refractivity contribution in [3.05, 3.63) is 29.8 Å². The highest BCUT2D eigenvalue weighted by molar-refractivity contribution is 6.52. The van der Waals surface area contributed by atoms with Gasteiger partial charge < -0.3 is 10.0 Å². The van der Waals surface area contributed by atoms with Gasteiger partial charge in [0.2, 0.25) is 0 Å². The first kappa shape index (κ1) is 9.86. The Balaban J connectivity index is 2.34. The number of fused-ring (bicyclic) bond motifs is 1. The lowest BCUT2D eigenvalue weighted by Gasteiger charge is -2.15. The number of anilines is 1. The Hall–Kier alpha value is -1.68. The summed E-state index contributed by atoms with van der Waals surface area (Å²) in [4.78, 5) is 24.5. The molecule has 1 aromatic carbocycles. The number of amides is 1. The molecule has 0 radical (unpaired) electrons. The van der Waals surface area contributed by atoms with Crippen molar-refractivity contribution in [3.8, 4) is 0 Å². The third-order valence-electron chi connectivity index (χ3n) is 2.42. The number of aliphatic hydroxyl groups excluding tert-OH is 1. The maximum atomic E-state index is 11.6. The lowest BCUT2D eigenvalue weighted by Crippen LogP contribution is -2.31. The van der Waals surface area contributed by atoms with Crippen LogP contribution in [0.15, 0.2) is 24.3 Å². The molecule has 78 valence electrons. The van der Waals surface area contributed by atoms with Crippen molar-refractivity contribution >= 4 is 17.4 Å². The smallest absolute Gasteiger partial charge is 0.299 e. The van der Waals surface area contributed by atoms with Crippen LogP contribution >= 0.6 is 0 Å². The van der Waals surface area contributed by atoms with Gasteiger partial charge >= 0.3 is 0 Å². The predicted octanol–water partition coefficient (Wildman–Crippen LogP) is 0.598. The number of Topliss-reactive ketones (excluding diaryl/α,β-unsaturated/α-hetero) is 1. The first-order chi connectivity index (χ1) is 7.25. The number of benzene rings is 1. The van der Waals surface area contributed by atoms with Crippen LogP contribution in [0.1, 0.15) is 16.8 Å². The third kappa shape index (κ3) is 1.53. The molecule has 0 aliphatic carbocycles. The van der Waals surface area contributed by atoms with Crippen molar-refractivity contribution in [1.82, 2.24) is 0 Å². The molecule has 0 bridgehead atoms. The van der Waals surface area contributed by atoms with Crippen molar-refractivity contribution < 1.29 is 14.7 Å². The third-order valence-corrected chi connectivity index (χ3v) is 2.42. The van der Waals surface area contributed by atoms with Crippen LogP contribution in [-0.4, -0.2) is 29.9 Å². The normalized spacial score (nSPS) is 14.6. The monoisotopic (exact) mass is 205 g/mol. The number of hydrogen-bond donors (Lipinski definition) is 1. The first-order valence-corrected chi connectivity index (χ1v) is 4.82. The number of carbonyl (C=O) groups excluding carboxylic acids is 2. The number of aliphatic hydroxyl groups is 1. The molecule has 1 aromatic rings. The number of nitrogens with zero attached hydrogens (tertiary/aromatic N) is 1. The van der Waals surface area contributed by atoms with Crippen LogP contribution in [0.4, 0.5) is 5.69 Å². The fourth-order valence-corrected chi connectivity index (χ4v) is 1.70. The number of rotatable bonds is 3. The van der Waals surface area contributed by atoms with Gasteiger partial charge in [-0.05, 0) is 18.6 Å². The van der Waals surface area contributed by atoms with E-state index in [0.29, 0.717) is 24.2 Å². The minimum Gasteiger partial charge on any atom is -0.396 e. The van der Waals surface area contributed by atoms with Crippen molar-refractivity contribution in [2.24, 2.45) is 0 Å². The van der Waals surface area contributed by atoms with Gasteiger partial charge in [0.25, 0.3) is 11.7 Å². The molecule has 1 aliphatic rings. The molecule has 0 aromatic heterocycles. The lowest BCUT2D eigenvalue weighted by atomic mass is 10.1. The van der Waals surface area contributed by atoms with Crippen molar-refractivity contribution in [2.75, 3.05) is 18.1 Å². The molecule has 1 heterocycles. The highest BCUT2D eigenvalue weighted by Gasteiger charge is 2.34. The molecule has 1 aliphatic heterocycles. The topological polar surface area (TPSA) is 57.6 Å². The van der Waals surface area contributed by atoms with Gasteiger partial charge in [-0.1, -0.05) is 12.1 Å².